The van der Waals surface area contributed by atoms with Crippen LogP contribution in [0.4, 0.5) is 4.39 Å². The molecule has 0 radical (unpaired) electrons. The molecule has 2 aliphatic heterocycles. The van der Waals surface area contributed by atoms with Crippen molar-refractivity contribution in [2.24, 2.45) is 4.99 Å². The standard InChI is InChI=1S/C24H28FN5O/c1-2-27-24(28-14-20-9-8-19(13-26)12-21(20)25)30-16-22-23(17-30)31-11-10-29(22)15-18-6-4-3-5-7-18/h3-9,12,22-23H,2,10-11,14-17H2,1H3,(H,27,28). The van der Waals surface area contributed by atoms with Crippen molar-refractivity contribution in [2.45, 2.75) is 32.2 Å². The fourth-order valence-electron chi connectivity index (χ4n) is 4.28. The van der Waals surface area contributed by atoms with E-state index < -0.39 is 5.82 Å². The van der Waals surface area contributed by atoms with Crippen molar-refractivity contribution < 1.29 is 9.13 Å². The van der Waals surface area contributed by atoms with Crippen molar-refractivity contribution >= 4 is 5.96 Å². The number of morpholine rings is 1. The third-order valence-electron chi connectivity index (χ3n) is 5.86. The summed E-state index contributed by atoms with van der Waals surface area (Å²) in [6, 6.07) is 17.3. The van der Waals surface area contributed by atoms with Crippen molar-refractivity contribution in [1.82, 2.24) is 15.1 Å². The first-order chi connectivity index (χ1) is 15.2. The van der Waals surface area contributed by atoms with Crippen LogP contribution in [0.1, 0.15) is 23.6 Å². The molecule has 162 valence electrons. The number of hydrogen-bond donors (Lipinski definition) is 1. The van der Waals surface area contributed by atoms with Crippen LogP contribution in [0.3, 0.4) is 0 Å². The molecule has 31 heavy (non-hydrogen) atoms. The highest BCUT2D eigenvalue weighted by Crippen LogP contribution is 2.25. The van der Waals surface area contributed by atoms with E-state index in [9.17, 15) is 4.39 Å². The molecule has 2 unspecified atom stereocenters. The second kappa shape index (κ2) is 9.90. The maximum Gasteiger partial charge on any atom is 0.194 e. The quantitative estimate of drug-likeness (QED) is 0.594. The first-order valence-electron chi connectivity index (χ1n) is 10.8. The van der Waals surface area contributed by atoms with Gasteiger partial charge in [0.05, 0.1) is 36.9 Å². The molecule has 0 saturated carbocycles. The Bertz CT molecular complexity index is 958. The van der Waals surface area contributed by atoms with Gasteiger partial charge in [0.15, 0.2) is 5.96 Å². The summed E-state index contributed by atoms with van der Waals surface area (Å²) >= 11 is 0. The highest BCUT2D eigenvalue weighted by Gasteiger charge is 2.41. The zero-order valence-electron chi connectivity index (χ0n) is 17.8. The van der Waals surface area contributed by atoms with Crippen LogP contribution < -0.4 is 5.32 Å². The molecule has 0 aliphatic carbocycles. The highest BCUT2D eigenvalue weighted by molar-refractivity contribution is 5.80. The molecule has 0 bridgehead atoms. The molecular formula is C24H28FN5O. The minimum Gasteiger partial charge on any atom is -0.373 e. The monoisotopic (exact) mass is 421 g/mol. The molecule has 0 spiro atoms. The van der Waals surface area contributed by atoms with Gasteiger partial charge in [-0.25, -0.2) is 9.38 Å². The SMILES string of the molecule is CCNC(=NCc1ccc(C#N)cc1F)N1CC2OCCN(Cc3ccccc3)C2C1. The van der Waals surface area contributed by atoms with Crippen molar-refractivity contribution in [3.05, 3.63) is 71.0 Å². The smallest absolute Gasteiger partial charge is 0.194 e. The van der Waals surface area contributed by atoms with E-state index in [4.69, 9.17) is 10.00 Å². The number of nitriles is 1. The Morgan fingerprint density at radius 1 is 1.26 bits per heavy atom. The fraction of sp³-hybridized carbons (Fsp3) is 0.417. The van der Waals surface area contributed by atoms with Crippen LogP contribution in [0.25, 0.3) is 0 Å². The molecule has 2 saturated heterocycles. The van der Waals surface area contributed by atoms with Crippen LogP contribution in [0, 0.1) is 17.1 Å². The van der Waals surface area contributed by atoms with E-state index in [2.05, 4.69) is 44.4 Å². The lowest BCUT2D eigenvalue weighted by Gasteiger charge is -2.36. The fourth-order valence-corrected chi connectivity index (χ4v) is 4.28. The van der Waals surface area contributed by atoms with Gasteiger partial charge in [-0.15, -0.1) is 0 Å². The molecule has 4 rings (SSSR count). The van der Waals surface area contributed by atoms with Gasteiger partial charge in [-0.2, -0.15) is 5.26 Å². The van der Waals surface area contributed by atoms with Crippen LogP contribution >= 0.6 is 0 Å². The normalized spacial score (nSPS) is 21.6. The third kappa shape index (κ3) is 5.04. The van der Waals surface area contributed by atoms with E-state index in [0.717, 1.165) is 45.3 Å². The molecule has 0 aromatic heterocycles. The zero-order chi connectivity index (χ0) is 21.6. The molecular weight excluding hydrogens is 393 g/mol. The van der Waals surface area contributed by atoms with E-state index in [1.807, 2.05) is 19.1 Å². The molecule has 0 amide bonds. The number of hydrogen-bond acceptors (Lipinski definition) is 4. The number of halogens is 1. The first kappa shape index (κ1) is 21.3. The van der Waals surface area contributed by atoms with Crippen molar-refractivity contribution in [1.29, 1.82) is 5.26 Å². The van der Waals surface area contributed by atoms with Gasteiger partial charge in [-0.05, 0) is 24.6 Å². The average Bonchev–Trinajstić information content (AvgIpc) is 3.23. The van der Waals surface area contributed by atoms with E-state index in [-0.39, 0.29) is 12.6 Å². The Hall–Kier alpha value is -2.95. The van der Waals surface area contributed by atoms with Crippen LogP contribution in [-0.2, 0) is 17.8 Å². The molecule has 2 aromatic rings. The van der Waals surface area contributed by atoms with Gasteiger partial charge in [-0.1, -0.05) is 36.4 Å². The lowest BCUT2D eigenvalue weighted by atomic mass is 10.1. The average molecular weight is 422 g/mol. The number of nitrogens with one attached hydrogen (secondary N) is 1. The molecule has 7 heteroatoms. The molecule has 2 fully saturated rings. The summed E-state index contributed by atoms with van der Waals surface area (Å²) in [6.07, 6.45) is 0.132. The van der Waals surface area contributed by atoms with Crippen molar-refractivity contribution in [2.75, 3.05) is 32.8 Å². The number of nitrogens with zero attached hydrogens (tertiary/aromatic N) is 4. The number of aliphatic imine (C=N–C) groups is 1. The van der Waals surface area contributed by atoms with Gasteiger partial charge < -0.3 is 15.0 Å². The third-order valence-corrected chi connectivity index (χ3v) is 5.86. The summed E-state index contributed by atoms with van der Waals surface area (Å²) in [6.45, 7) is 7.11. The Kier molecular flexibility index (Phi) is 6.80. The lowest BCUT2D eigenvalue weighted by molar-refractivity contribution is -0.0502. The Labute approximate surface area is 182 Å². The van der Waals surface area contributed by atoms with Crippen molar-refractivity contribution in [3.8, 4) is 6.07 Å². The summed E-state index contributed by atoms with van der Waals surface area (Å²) in [5.74, 6) is 0.370. The molecule has 2 aliphatic rings. The van der Waals surface area contributed by atoms with Crippen LogP contribution in [0.2, 0.25) is 0 Å². The van der Waals surface area contributed by atoms with Gasteiger partial charge in [-0.3, -0.25) is 4.90 Å². The zero-order valence-corrected chi connectivity index (χ0v) is 17.8. The summed E-state index contributed by atoms with van der Waals surface area (Å²) in [5, 5.41) is 12.3. The predicted molar refractivity (Wildman–Crippen MR) is 118 cm³/mol. The second-order valence-electron chi connectivity index (χ2n) is 7.93. The number of fused-ring (bicyclic) bond motifs is 1. The lowest BCUT2D eigenvalue weighted by Crippen LogP contribution is -2.50. The topological polar surface area (TPSA) is 63.9 Å². The Morgan fingerprint density at radius 3 is 2.84 bits per heavy atom. The van der Waals surface area contributed by atoms with Crippen LogP contribution in [0.5, 0.6) is 0 Å². The number of guanidine groups is 1. The van der Waals surface area contributed by atoms with E-state index in [1.165, 1.54) is 11.6 Å². The largest absolute Gasteiger partial charge is 0.373 e. The summed E-state index contributed by atoms with van der Waals surface area (Å²) < 4.78 is 20.3. The number of ether oxygens (including phenoxy) is 1. The van der Waals surface area contributed by atoms with Gasteiger partial charge in [0.1, 0.15) is 5.82 Å². The Morgan fingerprint density at radius 2 is 2.10 bits per heavy atom. The summed E-state index contributed by atoms with van der Waals surface area (Å²) in [7, 11) is 0. The summed E-state index contributed by atoms with van der Waals surface area (Å²) in [4.78, 5) is 9.39. The van der Waals surface area contributed by atoms with Crippen LogP contribution in [-0.4, -0.2) is 60.7 Å². The van der Waals surface area contributed by atoms with E-state index in [1.54, 1.807) is 12.1 Å². The number of rotatable bonds is 5. The van der Waals surface area contributed by atoms with Gasteiger partial charge >= 0.3 is 0 Å². The molecule has 2 heterocycles. The summed E-state index contributed by atoms with van der Waals surface area (Å²) in [5.41, 5.74) is 2.10. The second-order valence-corrected chi connectivity index (χ2v) is 7.93. The maximum absolute atomic E-state index is 14.3. The Balaban J connectivity index is 1.46. The maximum atomic E-state index is 14.3. The minimum atomic E-state index is -0.397. The number of benzene rings is 2. The van der Waals surface area contributed by atoms with Crippen LogP contribution in [0.15, 0.2) is 53.5 Å². The predicted octanol–water partition coefficient (Wildman–Crippen LogP) is 2.75. The highest BCUT2D eigenvalue weighted by atomic mass is 19.1. The molecule has 2 atom stereocenters. The van der Waals surface area contributed by atoms with E-state index >= 15 is 0 Å². The molecule has 1 N–H and O–H groups in total. The number of likely N-dealkylation sites (tertiary alicyclic amines) is 1. The van der Waals surface area contributed by atoms with Gasteiger partial charge in [0.2, 0.25) is 0 Å². The van der Waals surface area contributed by atoms with Gasteiger partial charge in [0, 0.05) is 38.3 Å². The molecule has 2 aromatic carbocycles. The first-order valence-corrected chi connectivity index (χ1v) is 10.8. The van der Waals surface area contributed by atoms with Crippen molar-refractivity contribution in [3.63, 3.8) is 0 Å². The minimum absolute atomic E-state index is 0.132. The molecule has 6 nitrogen and oxygen atoms in total. The van der Waals surface area contributed by atoms with E-state index in [0.29, 0.717) is 17.2 Å². The van der Waals surface area contributed by atoms with Gasteiger partial charge in [0.25, 0.3) is 0 Å².